The van der Waals surface area contributed by atoms with Crippen molar-refractivity contribution in [2.45, 2.75) is 38.1 Å². The Labute approximate surface area is 174 Å². The first-order chi connectivity index (χ1) is 14.5. The van der Waals surface area contributed by atoms with Gasteiger partial charge in [0.05, 0.1) is 18.3 Å². The van der Waals surface area contributed by atoms with Crippen LogP contribution in [0.1, 0.15) is 41.9 Å². The van der Waals surface area contributed by atoms with Gasteiger partial charge in [0, 0.05) is 50.2 Å². The van der Waals surface area contributed by atoms with Crippen LogP contribution in [0.15, 0.2) is 35.3 Å². The van der Waals surface area contributed by atoms with Crippen molar-refractivity contribution in [2.75, 3.05) is 26.2 Å². The standard InChI is InChI=1S/C21H27N5O4/c27-14-21-8-2-11-26(19(29)7-5-15-4-6-18(28)24-23-15)17(21)13-25(12-9-21)20(30)16-3-1-10-22-16/h1,3-4,6,10,17,22,27H,2,5,7-9,11-14H2,(H,24,28)/t17-,21-/m0/s1. The van der Waals surface area contributed by atoms with Gasteiger partial charge in [0.25, 0.3) is 11.5 Å². The molecule has 0 aliphatic carbocycles. The van der Waals surface area contributed by atoms with E-state index >= 15 is 0 Å². The maximum Gasteiger partial charge on any atom is 0.270 e. The summed E-state index contributed by atoms with van der Waals surface area (Å²) in [6.07, 6.45) is 4.77. The quantitative estimate of drug-likeness (QED) is 0.661. The second kappa shape index (κ2) is 8.43. The first kappa shape index (κ1) is 20.3. The first-order valence-corrected chi connectivity index (χ1v) is 10.4. The number of likely N-dealkylation sites (tertiary alicyclic amines) is 2. The lowest BCUT2D eigenvalue weighted by Crippen LogP contribution is -2.64. The van der Waals surface area contributed by atoms with Gasteiger partial charge in [-0.15, -0.1) is 0 Å². The van der Waals surface area contributed by atoms with E-state index in [2.05, 4.69) is 15.2 Å². The normalized spacial score (nSPS) is 23.8. The zero-order chi connectivity index (χ0) is 21.1. The third-order valence-electron chi connectivity index (χ3n) is 6.51. The van der Waals surface area contributed by atoms with E-state index in [4.69, 9.17) is 0 Å². The van der Waals surface area contributed by atoms with Gasteiger partial charge in [0.1, 0.15) is 5.69 Å². The lowest BCUT2D eigenvalue weighted by atomic mass is 9.68. The Morgan fingerprint density at radius 1 is 1.23 bits per heavy atom. The van der Waals surface area contributed by atoms with Crippen LogP contribution >= 0.6 is 0 Å². The SMILES string of the molecule is O=C(c1ccc[nH]1)N1CC[C@]2(CO)CCCN(C(=O)CCc3ccc(=O)[nH]n3)[C@H]2C1. The van der Waals surface area contributed by atoms with Crippen LogP contribution in [-0.2, 0) is 11.2 Å². The molecule has 2 amide bonds. The highest BCUT2D eigenvalue weighted by atomic mass is 16.3. The number of carbonyl (C=O) groups excluding carboxylic acids is 2. The molecule has 2 saturated heterocycles. The number of aryl methyl sites for hydroxylation is 1. The van der Waals surface area contributed by atoms with E-state index in [0.717, 1.165) is 12.8 Å². The first-order valence-electron chi connectivity index (χ1n) is 10.4. The summed E-state index contributed by atoms with van der Waals surface area (Å²) >= 11 is 0. The third-order valence-corrected chi connectivity index (χ3v) is 6.51. The molecule has 4 rings (SSSR count). The average Bonchev–Trinajstić information content (AvgIpc) is 3.32. The van der Waals surface area contributed by atoms with Gasteiger partial charge in [-0.2, -0.15) is 5.10 Å². The van der Waals surface area contributed by atoms with Crippen LogP contribution in [0.2, 0.25) is 0 Å². The Balaban J connectivity index is 1.49. The highest BCUT2D eigenvalue weighted by Crippen LogP contribution is 2.42. The molecule has 160 valence electrons. The molecule has 0 bridgehead atoms. The second-order valence-electron chi connectivity index (χ2n) is 8.22. The number of aliphatic hydroxyl groups is 1. The summed E-state index contributed by atoms with van der Waals surface area (Å²) in [6, 6.07) is 6.35. The van der Waals surface area contributed by atoms with Gasteiger partial charge in [-0.05, 0) is 37.5 Å². The number of rotatable bonds is 5. The van der Waals surface area contributed by atoms with Crippen LogP contribution in [0, 0.1) is 5.41 Å². The number of carbonyl (C=O) groups is 2. The van der Waals surface area contributed by atoms with Crippen molar-refractivity contribution in [3.63, 3.8) is 0 Å². The summed E-state index contributed by atoms with van der Waals surface area (Å²) in [4.78, 5) is 43.7. The number of nitrogens with zero attached hydrogens (tertiary/aromatic N) is 3. The Hall–Kier alpha value is -2.94. The molecule has 9 nitrogen and oxygen atoms in total. The summed E-state index contributed by atoms with van der Waals surface area (Å²) in [5, 5.41) is 16.6. The van der Waals surface area contributed by atoms with Crippen molar-refractivity contribution < 1.29 is 14.7 Å². The summed E-state index contributed by atoms with van der Waals surface area (Å²) in [7, 11) is 0. The van der Waals surface area contributed by atoms with Crippen LogP contribution in [0.25, 0.3) is 0 Å². The molecule has 0 saturated carbocycles. The lowest BCUT2D eigenvalue weighted by molar-refractivity contribution is -0.145. The van der Waals surface area contributed by atoms with Crippen molar-refractivity contribution in [3.05, 3.63) is 52.2 Å². The molecule has 2 aliphatic rings. The van der Waals surface area contributed by atoms with Crippen molar-refractivity contribution >= 4 is 11.8 Å². The zero-order valence-electron chi connectivity index (χ0n) is 16.8. The zero-order valence-corrected chi connectivity index (χ0v) is 16.8. The fraction of sp³-hybridized carbons (Fsp3) is 0.524. The van der Waals surface area contributed by atoms with Gasteiger partial charge in [-0.25, -0.2) is 5.10 Å². The maximum absolute atomic E-state index is 13.1. The molecule has 3 N–H and O–H groups in total. The highest BCUT2D eigenvalue weighted by molar-refractivity contribution is 5.92. The Morgan fingerprint density at radius 2 is 2.10 bits per heavy atom. The predicted octanol–water partition coefficient (Wildman–Crippen LogP) is 0.546. The van der Waals surface area contributed by atoms with Crippen molar-refractivity contribution in [1.29, 1.82) is 0 Å². The molecule has 2 atom stereocenters. The molecule has 2 fully saturated rings. The largest absolute Gasteiger partial charge is 0.396 e. The van der Waals surface area contributed by atoms with E-state index in [0.29, 0.717) is 43.9 Å². The van der Waals surface area contributed by atoms with E-state index in [-0.39, 0.29) is 41.9 Å². The minimum atomic E-state index is -0.364. The molecule has 0 aromatic carbocycles. The summed E-state index contributed by atoms with van der Waals surface area (Å²) in [6.45, 7) is 1.61. The summed E-state index contributed by atoms with van der Waals surface area (Å²) in [5.74, 6) is -0.0957. The number of fused-ring (bicyclic) bond motifs is 1. The van der Waals surface area contributed by atoms with Gasteiger partial charge >= 0.3 is 0 Å². The fourth-order valence-electron chi connectivity index (χ4n) is 4.77. The Bertz CT molecular complexity index is 936. The second-order valence-corrected chi connectivity index (χ2v) is 8.22. The van der Waals surface area contributed by atoms with Crippen LogP contribution in [0.3, 0.4) is 0 Å². The smallest absolute Gasteiger partial charge is 0.270 e. The molecule has 0 unspecified atom stereocenters. The molecule has 0 radical (unpaired) electrons. The fourth-order valence-corrected chi connectivity index (χ4v) is 4.77. The molecule has 2 aromatic rings. The van der Waals surface area contributed by atoms with E-state index in [1.807, 2.05) is 4.90 Å². The molecule has 0 spiro atoms. The van der Waals surface area contributed by atoms with Gasteiger partial charge < -0.3 is 19.9 Å². The van der Waals surface area contributed by atoms with E-state index in [1.165, 1.54) is 6.07 Å². The molecule has 2 aromatic heterocycles. The topological polar surface area (TPSA) is 122 Å². The van der Waals surface area contributed by atoms with E-state index < -0.39 is 0 Å². The number of H-pyrrole nitrogens is 2. The van der Waals surface area contributed by atoms with Crippen LogP contribution < -0.4 is 5.56 Å². The van der Waals surface area contributed by atoms with Gasteiger partial charge in [0.2, 0.25) is 5.91 Å². The summed E-state index contributed by atoms with van der Waals surface area (Å²) in [5.41, 5.74) is 0.546. The van der Waals surface area contributed by atoms with Crippen molar-refractivity contribution in [2.24, 2.45) is 5.41 Å². The van der Waals surface area contributed by atoms with Crippen LogP contribution in [-0.4, -0.2) is 74.2 Å². The van der Waals surface area contributed by atoms with E-state index in [9.17, 15) is 19.5 Å². The number of aromatic amines is 2. The van der Waals surface area contributed by atoms with E-state index in [1.54, 1.807) is 29.3 Å². The van der Waals surface area contributed by atoms with Crippen molar-refractivity contribution in [1.82, 2.24) is 25.0 Å². The van der Waals surface area contributed by atoms with Crippen LogP contribution in [0.5, 0.6) is 0 Å². The molecular formula is C21H27N5O4. The third kappa shape index (κ3) is 3.89. The number of aliphatic hydroxyl groups excluding tert-OH is 1. The maximum atomic E-state index is 13.1. The molecular weight excluding hydrogens is 386 g/mol. The lowest BCUT2D eigenvalue weighted by Gasteiger charge is -2.54. The molecule has 9 heteroatoms. The average molecular weight is 413 g/mol. The molecule has 30 heavy (non-hydrogen) atoms. The Morgan fingerprint density at radius 3 is 2.80 bits per heavy atom. The molecule has 2 aliphatic heterocycles. The highest BCUT2D eigenvalue weighted by Gasteiger charge is 2.49. The Kier molecular flexibility index (Phi) is 5.72. The minimum absolute atomic E-state index is 0.00740. The van der Waals surface area contributed by atoms with Gasteiger partial charge in [-0.3, -0.25) is 14.4 Å². The number of hydrogen-bond acceptors (Lipinski definition) is 5. The minimum Gasteiger partial charge on any atom is -0.396 e. The van der Waals surface area contributed by atoms with Gasteiger partial charge in [0.15, 0.2) is 0 Å². The number of nitrogens with one attached hydrogen (secondary N) is 2. The van der Waals surface area contributed by atoms with Crippen molar-refractivity contribution in [3.8, 4) is 0 Å². The predicted molar refractivity (Wildman–Crippen MR) is 109 cm³/mol. The summed E-state index contributed by atoms with van der Waals surface area (Å²) < 4.78 is 0. The van der Waals surface area contributed by atoms with Crippen LogP contribution in [0.4, 0.5) is 0 Å². The van der Waals surface area contributed by atoms with Gasteiger partial charge in [-0.1, -0.05) is 0 Å². The molecule has 4 heterocycles. The number of aromatic nitrogens is 3. The number of hydrogen-bond donors (Lipinski definition) is 3. The number of amides is 2. The number of piperidine rings is 2. The monoisotopic (exact) mass is 413 g/mol.